The zero-order valence-corrected chi connectivity index (χ0v) is 83.9. The maximum absolute atomic E-state index is 6.68. The first-order valence-electron chi connectivity index (χ1n) is 51.7. The Labute approximate surface area is 857 Å². The monoisotopic (exact) mass is 1890 g/mol. The summed E-state index contributed by atoms with van der Waals surface area (Å²) in [5.41, 5.74) is 35.3. The first-order chi connectivity index (χ1) is 72.2. The number of para-hydroxylation sites is 6. The van der Waals surface area contributed by atoms with Crippen molar-refractivity contribution in [2.24, 2.45) is 0 Å². The van der Waals surface area contributed by atoms with Crippen LogP contribution in [0.5, 0.6) is 0 Å². The standard InChI is InChI=1S/C56H38O2.2C44H32O/c1-56(2,3)39-30-34-23-25-44-48(33-13-5-4-6-14-33)32-49(45-26-24-35(31-39)52(34)53(44)45)38-28-36(40-17-11-19-46-42-15-7-9-21-50(42)57-54(40)46)27-37(29-38)41-18-12-20-47-43-16-8-10-22-51(43)58-55(41)47;1-44(2,3)32-24-30-19-21-34-37(27-11-5-4-6-12-27)26-38(35-22-20-31(25-32)41(30)43(34)35)29-14-9-13-28(23-29)33-16-10-18-40-42(33)36-15-7-8-17-39(36)45-40;1-44(2,3)33-23-31-16-19-35-37(27-10-5-4-6-11-27)26-38(36-20-17-32(24-33)42(31)43(35)36)30-13-9-12-28(22-30)29-18-21-41-39(25-29)34-14-7-8-15-40(34)45-41/h4-32H,1-3H3;2*4-26H,1-3H3. The Balaban J connectivity index is 0.000000108. The molecule has 0 radical (unpaired) electrons. The molecule has 0 fully saturated rings. The smallest absolute Gasteiger partial charge is 0.143 e. The summed E-state index contributed by atoms with van der Waals surface area (Å²) in [7, 11) is 0. The molecule has 0 atom stereocenters. The average Bonchev–Trinajstić information content (AvgIpc) is 0.955. The van der Waals surface area contributed by atoms with Crippen molar-refractivity contribution in [3.05, 3.63) is 472 Å². The third kappa shape index (κ3) is 14.5. The molecule has 0 saturated heterocycles. The highest BCUT2D eigenvalue weighted by molar-refractivity contribution is 6.32. The van der Waals surface area contributed by atoms with Crippen molar-refractivity contribution in [2.45, 2.75) is 78.6 Å². The van der Waals surface area contributed by atoms with E-state index in [-0.39, 0.29) is 16.2 Å². The minimum atomic E-state index is 0.0348. The van der Waals surface area contributed by atoms with E-state index >= 15 is 0 Å². The summed E-state index contributed by atoms with van der Waals surface area (Å²) in [5.74, 6) is 0. The molecular formula is C144H102O4. The van der Waals surface area contributed by atoms with Crippen LogP contribution in [0, 0.1) is 0 Å². The lowest BCUT2D eigenvalue weighted by Gasteiger charge is -2.23. The number of hydrogen-bond donors (Lipinski definition) is 0. The largest absolute Gasteiger partial charge is 0.456 e. The minimum Gasteiger partial charge on any atom is -0.456 e. The molecule has 4 nitrogen and oxygen atoms in total. The molecule has 702 valence electrons. The van der Waals surface area contributed by atoms with E-state index in [0.29, 0.717) is 0 Å². The van der Waals surface area contributed by atoms with Gasteiger partial charge in [-0.2, -0.15) is 0 Å². The molecule has 0 aliphatic heterocycles. The maximum atomic E-state index is 6.68. The van der Waals surface area contributed by atoms with Gasteiger partial charge in [0.2, 0.25) is 0 Å². The van der Waals surface area contributed by atoms with Crippen LogP contribution in [0.3, 0.4) is 0 Å². The lowest BCUT2D eigenvalue weighted by molar-refractivity contribution is 0.591. The first-order valence-corrected chi connectivity index (χ1v) is 51.7. The normalized spacial score (nSPS) is 12.4. The van der Waals surface area contributed by atoms with Crippen molar-refractivity contribution in [3.63, 3.8) is 0 Å². The van der Waals surface area contributed by atoms with Crippen molar-refractivity contribution in [1.29, 1.82) is 0 Å². The van der Waals surface area contributed by atoms with Crippen LogP contribution in [0.1, 0.15) is 79.0 Å². The van der Waals surface area contributed by atoms with Gasteiger partial charge in [0.05, 0.1) is 0 Å². The van der Waals surface area contributed by atoms with E-state index in [2.05, 4.69) is 487 Å². The van der Waals surface area contributed by atoms with Crippen molar-refractivity contribution in [2.75, 3.05) is 0 Å². The summed E-state index contributed by atoms with van der Waals surface area (Å²) in [6.07, 6.45) is 0. The molecule has 0 bridgehead atoms. The Bertz CT molecular complexity index is 10400. The minimum absolute atomic E-state index is 0.0348. The molecule has 4 heterocycles. The molecule has 0 N–H and O–H groups in total. The van der Waals surface area contributed by atoms with E-state index in [1.54, 1.807) is 0 Å². The van der Waals surface area contributed by atoms with Crippen molar-refractivity contribution in [1.82, 2.24) is 0 Å². The fourth-order valence-corrected chi connectivity index (χ4v) is 24.0. The van der Waals surface area contributed by atoms with Crippen LogP contribution in [0.2, 0.25) is 0 Å². The summed E-state index contributed by atoms with van der Waals surface area (Å²) in [4.78, 5) is 0. The molecule has 4 heteroatoms. The van der Waals surface area contributed by atoms with Gasteiger partial charge in [0.1, 0.15) is 44.7 Å². The third-order valence-corrected chi connectivity index (χ3v) is 31.4. The zero-order chi connectivity index (χ0) is 99.3. The molecule has 0 spiro atoms. The van der Waals surface area contributed by atoms with Gasteiger partial charge >= 0.3 is 0 Å². The topological polar surface area (TPSA) is 52.6 Å². The van der Waals surface area contributed by atoms with Crippen LogP contribution in [0.15, 0.2) is 473 Å². The van der Waals surface area contributed by atoms with Gasteiger partial charge in [0.25, 0.3) is 0 Å². The van der Waals surface area contributed by atoms with E-state index in [9.17, 15) is 0 Å². The van der Waals surface area contributed by atoms with Crippen LogP contribution in [-0.2, 0) is 16.2 Å². The number of rotatable bonds is 10. The molecule has 26 aromatic carbocycles. The van der Waals surface area contributed by atoms with Crippen molar-refractivity contribution in [3.8, 4) is 111 Å². The first kappa shape index (κ1) is 87.8. The van der Waals surface area contributed by atoms with E-state index < -0.39 is 0 Å². The molecule has 30 aromatic rings. The fourth-order valence-electron chi connectivity index (χ4n) is 24.0. The number of hydrogen-bond acceptors (Lipinski definition) is 4. The number of fused-ring (bicyclic) bond motifs is 12. The summed E-state index contributed by atoms with van der Waals surface area (Å²) in [6.45, 7) is 20.7. The Morgan fingerprint density at radius 2 is 0.385 bits per heavy atom. The summed E-state index contributed by atoms with van der Waals surface area (Å²) >= 11 is 0. The second-order valence-corrected chi connectivity index (χ2v) is 43.6. The number of benzene rings is 26. The molecule has 0 unspecified atom stereocenters. The Morgan fingerprint density at radius 3 is 0.784 bits per heavy atom. The average molecular weight is 1900 g/mol. The van der Waals surface area contributed by atoms with E-state index in [1.807, 2.05) is 30.3 Å². The van der Waals surface area contributed by atoms with Gasteiger partial charge in [0.15, 0.2) is 0 Å². The fraction of sp³-hybridized carbons (Fsp3) is 0.0833. The zero-order valence-electron chi connectivity index (χ0n) is 83.9. The lowest BCUT2D eigenvalue weighted by Crippen LogP contribution is -2.10. The summed E-state index contributed by atoms with van der Waals surface area (Å²) in [6, 6.07) is 167. The van der Waals surface area contributed by atoms with Gasteiger partial charge in [-0.05, 0) is 321 Å². The van der Waals surface area contributed by atoms with Crippen LogP contribution in [-0.4, -0.2) is 0 Å². The molecule has 0 saturated carbocycles. The Morgan fingerprint density at radius 1 is 0.128 bits per heavy atom. The molecule has 0 aliphatic carbocycles. The van der Waals surface area contributed by atoms with Gasteiger partial charge in [-0.25, -0.2) is 0 Å². The SMILES string of the molecule is CC(C)(C)c1cc2ccc3c(-c4ccccc4)cc(-c4cc(-c5cccc6c5oc5ccccc56)cc(-c5cccc6c5oc5ccccc56)c4)c4ccc(c1)c2c34.CC(C)(C)c1cc2ccc3c(-c4ccccc4)cc(-c4cccc(-c5ccc6oc7ccccc7c6c5)c4)c4ccc(c1)c2c34.CC(C)(C)c1cc2ccc3c(-c4ccccc4)cc(-c4cccc(-c5cccc6oc7ccccc7c56)c4)c4ccc(c1)c2c34. The van der Waals surface area contributed by atoms with E-state index in [1.165, 1.54) is 202 Å². The summed E-state index contributed by atoms with van der Waals surface area (Å²) in [5, 5.41) is 32.6. The molecule has 30 rings (SSSR count). The highest BCUT2D eigenvalue weighted by Crippen LogP contribution is 2.54. The molecule has 0 aliphatic rings. The second-order valence-electron chi connectivity index (χ2n) is 43.6. The highest BCUT2D eigenvalue weighted by Gasteiger charge is 2.29. The van der Waals surface area contributed by atoms with Gasteiger partial charge in [0, 0.05) is 54.2 Å². The van der Waals surface area contributed by atoms with Gasteiger partial charge in [-0.15, -0.1) is 0 Å². The van der Waals surface area contributed by atoms with Gasteiger partial charge in [-0.1, -0.05) is 426 Å². The van der Waals surface area contributed by atoms with Crippen LogP contribution < -0.4 is 0 Å². The molecule has 0 amide bonds. The highest BCUT2D eigenvalue weighted by atomic mass is 16.3. The Kier molecular flexibility index (Phi) is 20.1. The quantitative estimate of drug-likeness (QED) is 0.128. The molecular weight excluding hydrogens is 1790 g/mol. The predicted octanol–water partition coefficient (Wildman–Crippen LogP) is 41.9. The van der Waals surface area contributed by atoms with E-state index in [0.717, 1.165) is 110 Å². The molecule has 4 aromatic heterocycles. The lowest BCUT2D eigenvalue weighted by atomic mass is 9.81. The van der Waals surface area contributed by atoms with Crippen LogP contribution in [0.25, 0.3) is 296 Å². The van der Waals surface area contributed by atoms with Crippen LogP contribution in [0.4, 0.5) is 0 Å². The Hall–Kier alpha value is -18.0. The predicted molar refractivity (Wildman–Crippen MR) is 630 cm³/mol. The third-order valence-electron chi connectivity index (χ3n) is 31.4. The maximum Gasteiger partial charge on any atom is 0.143 e. The van der Waals surface area contributed by atoms with E-state index in [4.69, 9.17) is 17.7 Å². The van der Waals surface area contributed by atoms with Crippen molar-refractivity contribution < 1.29 is 17.7 Å². The summed E-state index contributed by atoms with van der Waals surface area (Å²) < 4.78 is 25.7. The van der Waals surface area contributed by atoms with Crippen molar-refractivity contribution >= 4 is 185 Å². The number of furan rings is 4. The molecule has 148 heavy (non-hydrogen) atoms. The second kappa shape index (κ2) is 33.8. The van der Waals surface area contributed by atoms with Gasteiger partial charge < -0.3 is 17.7 Å². The van der Waals surface area contributed by atoms with Crippen LogP contribution >= 0.6 is 0 Å². The van der Waals surface area contributed by atoms with Gasteiger partial charge in [-0.3, -0.25) is 0 Å².